The van der Waals surface area contributed by atoms with E-state index in [1.54, 1.807) is 12.3 Å². The summed E-state index contributed by atoms with van der Waals surface area (Å²) in [4.78, 5) is 13.4. The van der Waals surface area contributed by atoms with E-state index in [2.05, 4.69) is 37.3 Å². The number of nitrogens with zero attached hydrogens (tertiary/aromatic N) is 4. The molecule has 2 aromatic rings. The molecular formula is C22H31FN6. The number of hydrogen-bond donors (Lipinski definition) is 2. The molecule has 0 radical (unpaired) electrons. The van der Waals surface area contributed by atoms with Gasteiger partial charge in [-0.05, 0) is 43.3 Å². The Bertz CT molecular complexity index is 787. The van der Waals surface area contributed by atoms with Crippen molar-refractivity contribution >= 4 is 11.6 Å². The van der Waals surface area contributed by atoms with Gasteiger partial charge in [-0.2, -0.15) is 0 Å². The minimum absolute atomic E-state index is 0.172. The first-order valence-electron chi connectivity index (χ1n) is 10.4. The summed E-state index contributed by atoms with van der Waals surface area (Å²) in [5.74, 6) is 0.521. The van der Waals surface area contributed by atoms with Crippen molar-refractivity contribution in [3.05, 3.63) is 59.7 Å². The second-order valence-corrected chi connectivity index (χ2v) is 7.08. The van der Waals surface area contributed by atoms with Gasteiger partial charge >= 0.3 is 0 Å². The summed E-state index contributed by atoms with van der Waals surface area (Å²) in [5, 5.41) is 6.48. The van der Waals surface area contributed by atoms with Gasteiger partial charge in [-0.15, -0.1) is 0 Å². The van der Waals surface area contributed by atoms with Gasteiger partial charge < -0.3 is 20.4 Å². The fourth-order valence-electron chi connectivity index (χ4n) is 3.40. The lowest BCUT2D eigenvalue weighted by Crippen LogP contribution is -2.46. The fourth-order valence-corrected chi connectivity index (χ4v) is 3.40. The molecular weight excluding hydrogens is 367 g/mol. The van der Waals surface area contributed by atoms with E-state index in [4.69, 9.17) is 0 Å². The molecule has 1 aliphatic heterocycles. The highest BCUT2D eigenvalue weighted by atomic mass is 19.1. The molecule has 1 aromatic carbocycles. The van der Waals surface area contributed by atoms with Crippen LogP contribution in [-0.4, -0.2) is 55.1 Å². The maximum atomic E-state index is 14.7. The van der Waals surface area contributed by atoms with Crippen molar-refractivity contribution in [1.29, 1.82) is 0 Å². The number of nitrogens with one attached hydrogen (secondary N) is 2. The largest absolute Gasteiger partial charge is 0.367 e. The molecule has 1 saturated heterocycles. The van der Waals surface area contributed by atoms with Gasteiger partial charge in [-0.3, -0.25) is 4.98 Å². The van der Waals surface area contributed by atoms with Crippen LogP contribution in [0.5, 0.6) is 0 Å². The van der Waals surface area contributed by atoms with Crippen molar-refractivity contribution in [2.24, 2.45) is 4.99 Å². The zero-order chi connectivity index (χ0) is 20.5. The van der Waals surface area contributed by atoms with Gasteiger partial charge in [0.05, 0.1) is 24.5 Å². The molecule has 0 bridgehead atoms. The normalized spacial score (nSPS) is 15.4. The van der Waals surface area contributed by atoms with Gasteiger partial charge in [0, 0.05) is 38.9 Å². The zero-order valence-corrected chi connectivity index (χ0v) is 17.4. The number of halogens is 1. The van der Waals surface area contributed by atoms with E-state index < -0.39 is 0 Å². The highest BCUT2D eigenvalue weighted by Gasteiger charge is 2.18. The topological polar surface area (TPSA) is 55.8 Å². The van der Waals surface area contributed by atoms with Gasteiger partial charge in [-0.25, -0.2) is 9.38 Å². The molecule has 0 atom stereocenters. The minimum Gasteiger partial charge on any atom is -0.367 e. The Kier molecular flexibility index (Phi) is 7.81. The van der Waals surface area contributed by atoms with E-state index in [0.717, 1.165) is 50.5 Å². The third-order valence-electron chi connectivity index (χ3n) is 5.10. The van der Waals surface area contributed by atoms with E-state index in [0.29, 0.717) is 24.7 Å². The molecule has 2 heterocycles. The second-order valence-electron chi connectivity index (χ2n) is 7.08. The van der Waals surface area contributed by atoms with E-state index >= 15 is 0 Å². The number of piperazine rings is 1. The number of rotatable bonds is 7. The number of anilines is 1. The molecule has 2 N–H and O–H groups in total. The van der Waals surface area contributed by atoms with E-state index in [1.165, 1.54) is 0 Å². The number of aromatic nitrogens is 1. The lowest BCUT2D eigenvalue weighted by atomic mass is 10.1. The number of aliphatic imine (C=N–C) groups is 1. The van der Waals surface area contributed by atoms with Gasteiger partial charge in [0.25, 0.3) is 0 Å². The Labute approximate surface area is 172 Å². The Morgan fingerprint density at radius 3 is 2.59 bits per heavy atom. The van der Waals surface area contributed by atoms with Crippen molar-refractivity contribution in [2.45, 2.75) is 26.9 Å². The van der Waals surface area contributed by atoms with E-state index in [-0.39, 0.29) is 5.82 Å². The van der Waals surface area contributed by atoms with Gasteiger partial charge in [0.1, 0.15) is 5.82 Å². The molecule has 7 heteroatoms. The lowest BCUT2D eigenvalue weighted by molar-refractivity contribution is 0.270. The van der Waals surface area contributed by atoms with Crippen LogP contribution < -0.4 is 15.5 Å². The lowest BCUT2D eigenvalue weighted by Gasteiger charge is -2.35. The number of hydrogen-bond acceptors (Lipinski definition) is 4. The minimum atomic E-state index is -0.172. The molecule has 1 aromatic heterocycles. The van der Waals surface area contributed by atoms with Gasteiger partial charge in [0.2, 0.25) is 0 Å². The molecule has 156 valence electrons. The van der Waals surface area contributed by atoms with Crippen molar-refractivity contribution in [2.75, 3.05) is 44.2 Å². The summed E-state index contributed by atoms with van der Waals surface area (Å²) in [6.07, 6.45) is 1.77. The maximum Gasteiger partial charge on any atom is 0.191 e. The Balaban J connectivity index is 1.60. The smallest absolute Gasteiger partial charge is 0.191 e. The van der Waals surface area contributed by atoms with Crippen LogP contribution in [0.4, 0.5) is 10.1 Å². The van der Waals surface area contributed by atoms with Crippen LogP contribution in [0.3, 0.4) is 0 Å². The van der Waals surface area contributed by atoms with Crippen LogP contribution in [0.2, 0.25) is 0 Å². The molecule has 1 aliphatic rings. The number of guanidine groups is 1. The maximum absolute atomic E-state index is 14.7. The summed E-state index contributed by atoms with van der Waals surface area (Å²) < 4.78 is 14.7. The third kappa shape index (κ3) is 6.15. The predicted molar refractivity (Wildman–Crippen MR) is 117 cm³/mol. The Morgan fingerprint density at radius 2 is 1.93 bits per heavy atom. The first-order chi connectivity index (χ1) is 14.2. The van der Waals surface area contributed by atoms with Crippen LogP contribution in [-0.2, 0) is 13.1 Å². The molecule has 0 spiro atoms. The predicted octanol–water partition coefficient (Wildman–Crippen LogP) is 2.62. The molecule has 0 amide bonds. The Hall–Kier alpha value is -2.67. The molecule has 29 heavy (non-hydrogen) atoms. The van der Waals surface area contributed by atoms with Crippen LogP contribution >= 0.6 is 0 Å². The zero-order valence-electron chi connectivity index (χ0n) is 17.4. The number of pyridine rings is 1. The summed E-state index contributed by atoms with van der Waals surface area (Å²) >= 11 is 0. The molecule has 1 fully saturated rings. The van der Waals surface area contributed by atoms with E-state index in [1.807, 2.05) is 37.3 Å². The average molecular weight is 399 g/mol. The number of benzene rings is 1. The summed E-state index contributed by atoms with van der Waals surface area (Å²) in [7, 11) is 0. The molecule has 0 unspecified atom stereocenters. The molecule has 0 saturated carbocycles. The molecule has 0 aliphatic carbocycles. The monoisotopic (exact) mass is 398 g/mol. The van der Waals surface area contributed by atoms with E-state index in [9.17, 15) is 4.39 Å². The van der Waals surface area contributed by atoms with Crippen LogP contribution in [0, 0.1) is 5.82 Å². The van der Waals surface area contributed by atoms with Crippen molar-refractivity contribution in [3.63, 3.8) is 0 Å². The third-order valence-corrected chi connectivity index (χ3v) is 5.10. The number of likely N-dealkylation sites (N-methyl/N-ethyl adjacent to an activating group) is 1. The second kappa shape index (κ2) is 10.8. The summed E-state index contributed by atoms with van der Waals surface area (Å²) in [6.45, 7) is 10.7. The standard InChI is InChI=1S/C22H31FN6/c1-3-24-22(27-17-19-7-5-6-10-25-19)26-16-18-8-9-21(20(23)15-18)29-13-11-28(4-2)12-14-29/h5-10,15H,3-4,11-14,16-17H2,1-2H3,(H2,24,26,27). The highest BCUT2D eigenvalue weighted by Crippen LogP contribution is 2.22. The summed E-state index contributed by atoms with van der Waals surface area (Å²) in [6, 6.07) is 11.3. The highest BCUT2D eigenvalue weighted by molar-refractivity contribution is 5.79. The van der Waals surface area contributed by atoms with Crippen molar-refractivity contribution < 1.29 is 4.39 Å². The quantitative estimate of drug-likeness (QED) is 0.555. The van der Waals surface area contributed by atoms with Crippen molar-refractivity contribution in [3.8, 4) is 0 Å². The van der Waals surface area contributed by atoms with Crippen LogP contribution in [0.15, 0.2) is 47.6 Å². The first-order valence-corrected chi connectivity index (χ1v) is 10.4. The Morgan fingerprint density at radius 1 is 1.10 bits per heavy atom. The average Bonchev–Trinajstić information content (AvgIpc) is 2.76. The van der Waals surface area contributed by atoms with Crippen molar-refractivity contribution in [1.82, 2.24) is 20.5 Å². The SMILES string of the molecule is CCNC(=NCc1ccc(N2CCN(CC)CC2)c(F)c1)NCc1ccccn1. The van der Waals surface area contributed by atoms with Crippen LogP contribution in [0.1, 0.15) is 25.1 Å². The van der Waals surface area contributed by atoms with Gasteiger partial charge in [-0.1, -0.05) is 19.1 Å². The molecule has 6 nitrogen and oxygen atoms in total. The molecule has 3 rings (SSSR count). The summed E-state index contributed by atoms with van der Waals surface area (Å²) in [5.41, 5.74) is 2.49. The van der Waals surface area contributed by atoms with Crippen LogP contribution in [0.25, 0.3) is 0 Å². The fraction of sp³-hybridized carbons (Fsp3) is 0.455. The van der Waals surface area contributed by atoms with Gasteiger partial charge in [0.15, 0.2) is 5.96 Å². The first kappa shape index (κ1) is 21.0.